The third kappa shape index (κ3) is 3.24. The highest BCUT2D eigenvalue weighted by molar-refractivity contribution is 9.11. The average molecular weight is 513 g/mol. The van der Waals surface area contributed by atoms with E-state index in [2.05, 4.69) is 46.6 Å². The van der Waals surface area contributed by atoms with E-state index in [9.17, 15) is 9.90 Å². The number of nitrogens with zero attached hydrogens (tertiary/aromatic N) is 4. The number of carbonyl (C=O) groups excluding carboxylic acids is 1. The molecule has 126 valence electrons. The minimum atomic E-state index is 0. The molecule has 4 aliphatic heterocycles. The minimum Gasteiger partial charge on any atom is -1.00 e. The summed E-state index contributed by atoms with van der Waals surface area (Å²) >= 11 is 6.59. The van der Waals surface area contributed by atoms with Crippen LogP contribution in [0.5, 0.6) is 5.75 Å². The van der Waals surface area contributed by atoms with Crippen LogP contribution in [0, 0.1) is 0 Å². The predicted molar refractivity (Wildman–Crippen MR) is 87.7 cm³/mol. The number of hydrogen-bond donors (Lipinski definition) is 1. The third-order valence-electron chi connectivity index (χ3n) is 4.52. The molecule has 0 aromatic heterocycles. The minimum absolute atomic E-state index is 0. The van der Waals surface area contributed by atoms with Crippen molar-refractivity contribution < 1.29 is 31.4 Å². The van der Waals surface area contributed by atoms with E-state index in [1.54, 1.807) is 12.1 Å². The number of aromatic hydroxyl groups is 1. The van der Waals surface area contributed by atoms with E-state index in [4.69, 9.17) is 0 Å². The molecule has 4 fully saturated rings. The number of quaternary nitrogens is 1. The van der Waals surface area contributed by atoms with Crippen molar-refractivity contribution >= 4 is 37.6 Å². The van der Waals surface area contributed by atoms with Crippen LogP contribution < -0.4 is 17.0 Å². The Balaban J connectivity index is 0.00000156. The smallest absolute Gasteiger partial charge is 0.217 e. The number of rotatable bonds is 3. The van der Waals surface area contributed by atoms with Crippen LogP contribution in [0.25, 0.3) is 0 Å². The Hall–Kier alpha value is -0.0300. The van der Waals surface area contributed by atoms with Gasteiger partial charge in [-0.3, -0.25) is 9.28 Å². The van der Waals surface area contributed by atoms with Crippen molar-refractivity contribution in [2.45, 2.75) is 0 Å². The van der Waals surface area contributed by atoms with Crippen LogP contribution in [-0.4, -0.2) is 76.6 Å². The number of hydrogen-bond acceptors (Lipinski definition) is 5. The van der Waals surface area contributed by atoms with E-state index < -0.39 is 0 Å². The molecule has 1 aromatic carbocycles. The van der Waals surface area contributed by atoms with Crippen molar-refractivity contribution in [1.82, 2.24) is 14.7 Å². The van der Waals surface area contributed by atoms with E-state index in [0.29, 0.717) is 21.1 Å². The highest BCUT2D eigenvalue weighted by Crippen LogP contribution is 2.34. The summed E-state index contributed by atoms with van der Waals surface area (Å²) in [6.45, 7) is 6.37. The summed E-state index contributed by atoms with van der Waals surface area (Å²) in [5, 5.41) is 9.79. The van der Waals surface area contributed by atoms with E-state index in [0.717, 1.165) is 44.5 Å². The zero-order valence-electron chi connectivity index (χ0n) is 12.4. The molecule has 23 heavy (non-hydrogen) atoms. The molecule has 0 radical (unpaired) electrons. The van der Waals surface area contributed by atoms with Crippen molar-refractivity contribution in [2.75, 3.05) is 46.6 Å². The third-order valence-corrected chi connectivity index (χ3v) is 5.73. The van der Waals surface area contributed by atoms with Gasteiger partial charge in [-0.05, 0) is 44.0 Å². The molecule has 0 spiro atoms. The van der Waals surface area contributed by atoms with E-state index >= 15 is 0 Å². The van der Waals surface area contributed by atoms with Crippen molar-refractivity contribution in [2.24, 2.45) is 0 Å². The maximum absolute atomic E-state index is 12.8. The fourth-order valence-corrected chi connectivity index (χ4v) is 5.12. The average Bonchev–Trinajstić information content (AvgIpc) is 2.42. The summed E-state index contributed by atoms with van der Waals surface area (Å²) < 4.78 is 1.87. The molecule has 4 saturated heterocycles. The van der Waals surface area contributed by atoms with Gasteiger partial charge in [0.15, 0.2) is 0 Å². The van der Waals surface area contributed by atoms with Crippen molar-refractivity contribution in [3.05, 3.63) is 26.6 Å². The molecular weight excluding hydrogens is 496 g/mol. The van der Waals surface area contributed by atoms with Crippen LogP contribution >= 0.6 is 31.9 Å². The lowest BCUT2D eigenvalue weighted by molar-refractivity contribution is -0.973. The molecule has 5 rings (SSSR count). The molecule has 4 bridgehead atoms. The van der Waals surface area contributed by atoms with Gasteiger partial charge in [0.25, 0.3) is 0 Å². The summed E-state index contributed by atoms with van der Waals surface area (Å²) in [6, 6.07) is 3.40. The van der Waals surface area contributed by atoms with Crippen LogP contribution in [0.3, 0.4) is 0 Å². The Kier molecular flexibility index (Phi) is 4.92. The zero-order valence-corrected chi connectivity index (χ0v) is 17.1. The Morgan fingerprint density at radius 3 is 1.91 bits per heavy atom. The first kappa shape index (κ1) is 17.8. The molecule has 0 aliphatic carbocycles. The maximum Gasteiger partial charge on any atom is 0.217 e. The van der Waals surface area contributed by atoms with E-state index in [1.807, 2.05) is 0 Å². The summed E-state index contributed by atoms with van der Waals surface area (Å²) in [6.07, 6.45) is 0. The number of Topliss-reactive ketones (excluding diaryl/α,β-unsaturated/α-hetero) is 1. The summed E-state index contributed by atoms with van der Waals surface area (Å²) in [5.41, 5.74) is 0.630. The molecule has 6 nitrogen and oxygen atoms in total. The Bertz CT molecular complexity index is 597. The number of ketones is 1. The highest BCUT2D eigenvalue weighted by Gasteiger charge is 2.49. The molecule has 4 aliphatic rings. The van der Waals surface area contributed by atoms with Crippen molar-refractivity contribution in [1.29, 1.82) is 0 Å². The molecule has 0 unspecified atom stereocenters. The standard InChI is InChI=1S/C14H16Br2N4O2.BrH/c15-11-1-10(2-12(16)14(11)22)13(21)3-20-7-17-4-18(8-20)6-19(5-17)9-20;/h1-2H,3-9H2;1H. The second-order valence-electron chi connectivity index (χ2n) is 6.57. The molecule has 0 saturated carbocycles. The number of halogens is 3. The van der Waals surface area contributed by atoms with Gasteiger partial charge >= 0.3 is 0 Å². The van der Waals surface area contributed by atoms with Gasteiger partial charge in [0.1, 0.15) is 32.3 Å². The largest absolute Gasteiger partial charge is 1.00 e. The predicted octanol–water partition coefficient (Wildman–Crippen LogP) is -1.39. The first-order valence-electron chi connectivity index (χ1n) is 7.17. The molecular formula is C14H17Br3N4O2. The Labute approximate surface area is 162 Å². The number of phenols is 1. The normalized spacial score (nSPS) is 34.3. The summed E-state index contributed by atoms with van der Waals surface area (Å²) in [5.74, 6) is 0.246. The fraction of sp³-hybridized carbons (Fsp3) is 0.500. The van der Waals surface area contributed by atoms with Crippen LogP contribution in [0.1, 0.15) is 10.4 Å². The lowest BCUT2D eigenvalue weighted by Crippen LogP contribution is -3.00. The van der Waals surface area contributed by atoms with Crippen molar-refractivity contribution in [3.63, 3.8) is 0 Å². The van der Waals surface area contributed by atoms with Crippen LogP contribution in [0.2, 0.25) is 0 Å². The van der Waals surface area contributed by atoms with E-state index in [1.165, 1.54) is 0 Å². The monoisotopic (exact) mass is 510 g/mol. The molecule has 0 amide bonds. The van der Waals surface area contributed by atoms with Crippen LogP contribution in [0.15, 0.2) is 21.1 Å². The fourth-order valence-electron chi connectivity index (χ4n) is 3.93. The van der Waals surface area contributed by atoms with Crippen LogP contribution in [-0.2, 0) is 0 Å². The number of carbonyl (C=O) groups is 1. The second-order valence-corrected chi connectivity index (χ2v) is 8.28. The maximum atomic E-state index is 12.8. The molecule has 1 N–H and O–H groups in total. The second kappa shape index (κ2) is 6.36. The molecule has 9 heteroatoms. The number of benzene rings is 1. The number of phenolic OH excluding ortho intramolecular Hbond substituents is 1. The van der Waals surface area contributed by atoms with Gasteiger partial charge in [-0.1, -0.05) is 0 Å². The van der Waals surface area contributed by atoms with Gasteiger partial charge in [0, 0.05) is 5.56 Å². The first-order valence-corrected chi connectivity index (χ1v) is 8.76. The molecule has 0 atom stereocenters. The van der Waals surface area contributed by atoms with Gasteiger partial charge < -0.3 is 22.1 Å². The Morgan fingerprint density at radius 1 is 1.04 bits per heavy atom. The van der Waals surface area contributed by atoms with Gasteiger partial charge in [-0.2, -0.15) is 0 Å². The molecule has 4 heterocycles. The lowest BCUT2D eigenvalue weighted by atomic mass is 10.1. The van der Waals surface area contributed by atoms with Gasteiger partial charge in [0.05, 0.1) is 29.0 Å². The quantitative estimate of drug-likeness (QED) is 0.399. The topological polar surface area (TPSA) is 47.0 Å². The van der Waals surface area contributed by atoms with Gasteiger partial charge in [0.2, 0.25) is 5.78 Å². The van der Waals surface area contributed by atoms with E-state index in [-0.39, 0.29) is 28.5 Å². The summed E-state index contributed by atoms with van der Waals surface area (Å²) in [7, 11) is 0. The Morgan fingerprint density at radius 2 is 1.48 bits per heavy atom. The van der Waals surface area contributed by atoms with Crippen LogP contribution in [0.4, 0.5) is 0 Å². The highest BCUT2D eigenvalue weighted by atomic mass is 79.9. The lowest BCUT2D eigenvalue weighted by Gasteiger charge is -2.60. The summed E-state index contributed by atoms with van der Waals surface area (Å²) in [4.78, 5) is 19.9. The SMILES string of the molecule is O=C(C[N+]12CN3CN(CN(C3)C1)C2)c1cc(Br)c(O)c(Br)c1.[Br-]. The van der Waals surface area contributed by atoms with Gasteiger partial charge in [-0.25, -0.2) is 14.7 Å². The van der Waals surface area contributed by atoms with Gasteiger partial charge in [-0.15, -0.1) is 0 Å². The molecule has 1 aromatic rings. The zero-order chi connectivity index (χ0) is 15.5. The van der Waals surface area contributed by atoms with Crippen molar-refractivity contribution in [3.8, 4) is 5.75 Å². The first-order chi connectivity index (χ1) is 10.4.